The summed E-state index contributed by atoms with van der Waals surface area (Å²) in [4.78, 5) is 12.7. The first-order valence-electron chi connectivity index (χ1n) is 7.41. The van der Waals surface area contributed by atoms with E-state index in [0.29, 0.717) is 24.0 Å². The number of aromatic nitrogens is 3. The van der Waals surface area contributed by atoms with Crippen LogP contribution in [0.4, 0.5) is 26.2 Å². The second-order valence-electron chi connectivity index (χ2n) is 4.98. The second kappa shape index (κ2) is 6.99. The SMILES string of the molecule is CCNc1nc(Nc2ccc(F)cc2F)cc(-c2ccncc2)n1. The maximum absolute atomic E-state index is 13.8. The Morgan fingerprint density at radius 1 is 1.00 bits per heavy atom. The third-order valence-electron chi connectivity index (χ3n) is 3.23. The van der Waals surface area contributed by atoms with E-state index >= 15 is 0 Å². The second-order valence-corrected chi connectivity index (χ2v) is 4.98. The first kappa shape index (κ1) is 15.8. The van der Waals surface area contributed by atoms with Crippen LogP contribution in [0.1, 0.15) is 6.92 Å². The molecular formula is C17H15F2N5. The topological polar surface area (TPSA) is 62.7 Å². The lowest BCUT2D eigenvalue weighted by Gasteiger charge is -2.11. The first-order valence-corrected chi connectivity index (χ1v) is 7.41. The number of pyridine rings is 1. The van der Waals surface area contributed by atoms with Crippen molar-refractivity contribution in [3.05, 3.63) is 60.4 Å². The minimum atomic E-state index is -0.691. The van der Waals surface area contributed by atoms with Crippen molar-refractivity contribution in [3.63, 3.8) is 0 Å². The Bertz CT molecular complexity index is 840. The fourth-order valence-electron chi connectivity index (χ4n) is 2.15. The molecule has 0 fully saturated rings. The van der Waals surface area contributed by atoms with Crippen molar-refractivity contribution in [3.8, 4) is 11.3 Å². The summed E-state index contributed by atoms with van der Waals surface area (Å²) in [5.41, 5.74) is 1.65. The smallest absolute Gasteiger partial charge is 0.225 e. The van der Waals surface area contributed by atoms with E-state index in [4.69, 9.17) is 0 Å². The van der Waals surface area contributed by atoms with Gasteiger partial charge in [-0.3, -0.25) is 4.98 Å². The molecule has 0 bridgehead atoms. The van der Waals surface area contributed by atoms with Crippen molar-refractivity contribution in [2.24, 2.45) is 0 Å². The van der Waals surface area contributed by atoms with Gasteiger partial charge < -0.3 is 10.6 Å². The molecular weight excluding hydrogens is 312 g/mol. The monoisotopic (exact) mass is 327 g/mol. The third-order valence-corrected chi connectivity index (χ3v) is 3.23. The Morgan fingerprint density at radius 3 is 2.50 bits per heavy atom. The standard InChI is InChI=1S/C17H15F2N5/c1-2-21-17-23-15(11-5-7-20-8-6-11)10-16(24-17)22-14-4-3-12(18)9-13(14)19/h3-10H,2H2,1H3,(H2,21,22,23,24). The molecule has 122 valence electrons. The lowest BCUT2D eigenvalue weighted by Crippen LogP contribution is -2.06. The number of benzene rings is 1. The van der Waals surface area contributed by atoms with Gasteiger partial charge in [0.2, 0.25) is 5.95 Å². The van der Waals surface area contributed by atoms with E-state index in [1.54, 1.807) is 18.5 Å². The molecule has 0 saturated carbocycles. The summed E-state index contributed by atoms with van der Waals surface area (Å²) in [6.07, 6.45) is 3.33. The lowest BCUT2D eigenvalue weighted by molar-refractivity contribution is 0.586. The van der Waals surface area contributed by atoms with Crippen LogP contribution in [0.25, 0.3) is 11.3 Å². The molecule has 24 heavy (non-hydrogen) atoms. The van der Waals surface area contributed by atoms with E-state index in [1.165, 1.54) is 12.1 Å². The fraction of sp³-hybridized carbons (Fsp3) is 0.118. The normalized spacial score (nSPS) is 10.5. The van der Waals surface area contributed by atoms with Crippen LogP contribution in [-0.2, 0) is 0 Å². The molecule has 3 rings (SSSR count). The number of rotatable bonds is 5. The summed E-state index contributed by atoms with van der Waals surface area (Å²) < 4.78 is 26.9. The Morgan fingerprint density at radius 2 is 1.79 bits per heavy atom. The molecule has 0 aliphatic rings. The maximum Gasteiger partial charge on any atom is 0.225 e. The Hall–Kier alpha value is -3.09. The van der Waals surface area contributed by atoms with Crippen LogP contribution in [-0.4, -0.2) is 21.5 Å². The molecule has 2 aromatic heterocycles. The molecule has 3 aromatic rings. The molecule has 1 aromatic carbocycles. The van der Waals surface area contributed by atoms with Crippen LogP contribution in [0.5, 0.6) is 0 Å². The van der Waals surface area contributed by atoms with Crippen LogP contribution in [0, 0.1) is 11.6 Å². The predicted octanol–water partition coefficient (Wildman–Crippen LogP) is 3.99. The van der Waals surface area contributed by atoms with Gasteiger partial charge in [0.1, 0.15) is 17.5 Å². The van der Waals surface area contributed by atoms with Crippen molar-refractivity contribution in [1.29, 1.82) is 0 Å². The lowest BCUT2D eigenvalue weighted by atomic mass is 10.2. The van der Waals surface area contributed by atoms with Crippen LogP contribution in [0.15, 0.2) is 48.8 Å². The summed E-state index contributed by atoms with van der Waals surface area (Å²) >= 11 is 0. The van der Waals surface area contributed by atoms with Gasteiger partial charge >= 0.3 is 0 Å². The van der Waals surface area contributed by atoms with Crippen molar-refractivity contribution in [1.82, 2.24) is 15.0 Å². The molecule has 0 radical (unpaired) electrons. The largest absolute Gasteiger partial charge is 0.354 e. The van der Waals surface area contributed by atoms with E-state index in [0.717, 1.165) is 11.6 Å². The number of hydrogen-bond donors (Lipinski definition) is 2. The minimum absolute atomic E-state index is 0.137. The number of halogens is 2. The highest BCUT2D eigenvalue weighted by Gasteiger charge is 2.09. The van der Waals surface area contributed by atoms with Gasteiger partial charge in [0.15, 0.2) is 0 Å². The molecule has 0 aliphatic heterocycles. The fourth-order valence-corrected chi connectivity index (χ4v) is 2.15. The predicted molar refractivity (Wildman–Crippen MR) is 89.1 cm³/mol. The number of nitrogens with zero attached hydrogens (tertiary/aromatic N) is 3. The summed E-state index contributed by atoms with van der Waals surface area (Å²) in [6, 6.07) is 8.66. The van der Waals surface area contributed by atoms with E-state index in [9.17, 15) is 8.78 Å². The van der Waals surface area contributed by atoms with E-state index in [2.05, 4.69) is 25.6 Å². The van der Waals surface area contributed by atoms with E-state index < -0.39 is 11.6 Å². The zero-order chi connectivity index (χ0) is 16.9. The van der Waals surface area contributed by atoms with Crippen LogP contribution in [0.3, 0.4) is 0 Å². The molecule has 0 spiro atoms. The zero-order valence-electron chi connectivity index (χ0n) is 12.9. The minimum Gasteiger partial charge on any atom is -0.354 e. The summed E-state index contributed by atoms with van der Waals surface area (Å²) in [7, 11) is 0. The van der Waals surface area contributed by atoms with Crippen LogP contribution >= 0.6 is 0 Å². The number of hydrogen-bond acceptors (Lipinski definition) is 5. The van der Waals surface area contributed by atoms with Gasteiger partial charge in [0.25, 0.3) is 0 Å². The van der Waals surface area contributed by atoms with Gasteiger partial charge in [0.05, 0.1) is 11.4 Å². The molecule has 0 saturated heterocycles. The number of anilines is 3. The molecule has 2 heterocycles. The van der Waals surface area contributed by atoms with Gasteiger partial charge in [-0.1, -0.05) is 0 Å². The van der Waals surface area contributed by atoms with Crippen LogP contribution < -0.4 is 10.6 Å². The Labute approximate surface area is 137 Å². The Kier molecular flexibility index (Phi) is 4.60. The summed E-state index contributed by atoms with van der Waals surface area (Å²) in [6.45, 7) is 2.57. The molecule has 7 heteroatoms. The quantitative estimate of drug-likeness (QED) is 0.742. The van der Waals surface area contributed by atoms with E-state index in [1.807, 2.05) is 19.1 Å². The van der Waals surface area contributed by atoms with E-state index in [-0.39, 0.29) is 5.69 Å². The van der Waals surface area contributed by atoms with Gasteiger partial charge in [-0.25, -0.2) is 13.8 Å². The van der Waals surface area contributed by atoms with Crippen molar-refractivity contribution in [2.45, 2.75) is 6.92 Å². The molecule has 5 nitrogen and oxygen atoms in total. The molecule has 0 aliphatic carbocycles. The van der Waals surface area contributed by atoms with Gasteiger partial charge in [0, 0.05) is 36.6 Å². The molecule has 0 atom stereocenters. The average molecular weight is 327 g/mol. The highest BCUT2D eigenvalue weighted by Crippen LogP contribution is 2.24. The summed E-state index contributed by atoms with van der Waals surface area (Å²) in [5, 5.41) is 5.90. The first-order chi connectivity index (χ1) is 11.7. The van der Waals surface area contributed by atoms with Crippen molar-refractivity contribution < 1.29 is 8.78 Å². The number of nitrogens with one attached hydrogen (secondary N) is 2. The molecule has 0 amide bonds. The van der Waals surface area contributed by atoms with Gasteiger partial charge in [-0.15, -0.1) is 0 Å². The highest BCUT2D eigenvalue weighted by atomic mass is 19.1. The van der Waals surface area contributed by atoms with Crippen molar-refractivity contribution in [2.75, 3.05) is 17.2 Å². The average Bonchev–Trinajstić information content (AvgIpc) is 2.58. The van der Waals surface area contributed by atoms with Crippen molar-refractivity contribution >= 4 is 17.5 Å². The van der Waals surface area contributed by atoms with Crippen LogP contribution in [0.2, 0.25) is 0 Å². The summed E-state index contributed by atoms with van der Waals surface area (Å²) in [5.74, 6) is -0.509. The third kappa shape index (κ3) is 3.62. The zero-order valence-corrected chi connectivity index (χ0v) is 12.9. The maximum atomic E-state index is 13.8. The molecule has 0 unspecified atom stereocenters. The Balaban J connectivity index is 1.99. The molecule has 2 N–H and O–H groups in total. The van der Waals surface area contributed by atoms with Gasteiger partial charge in [-0.2, -0.15) is 4.98 Å². The highest BCUT2D eigenvalue weighted by molar-refractivity contribution is 5.67. The van der Waals surface area contributed by atoms with Gasteiger partial charge in [-0.05, 0) is 31.2 Å².